The summed E-state index contributed by atoms with van der Waals surface area (Å²) in [6, 6.07) is 29.6. The second-order valence-corrected chi connectivity index (χ2v) is 6.64. The first-order chi connectivity index (χ1) is 11.8. The van der Waals surface area contributed by atoms with E-state index in [9.17, 15) is 4.39 Å². The number of thiophene rings is 1. The maximum atomic E-state index is 13.3. The van der Waals surface area contributed by atoms with Gasteiger partial charge in [0, 0.05) is 15.3 Å². The third-order valence-electron chi connectivity index (χ3n) is 3.98. The zero-order chi connectivity index (χ0) is 16.4. The summed E-state index contributed by atoms with van der Waals surface area (Å²) in [5, 5.41) is 0. The van der Waals surface area contributed by atoms with Gasteiger partial charge in [0.15, 0.2) is 0 Å². The van der Waals surface area contributed by atoms with Gasteiger partial charge in [-0.05, 0) is 34.9 Å². The summed E-state index contributed by atoms with van der Waals surface area (Å²) in [4.78, 5) is 2.43. The van der Waals surface area contributed by atoms with Gasteiger partial charge >= 0.3 is 0 Å². The average Bonchev–Trinajstić information content (AvgIpc) is 3.09. The van der Waals surface area contributed by atoms with E-state index in [1.54, 1.807) is 11.3 Å². The molecule has 0 saturated heterocycles. The Bertz CT molecular complexity index is 938. The van der Waals surface area contributed by atoms with E-state index in [0.717, 1.165) is 11.1 Å². The molecule has 0 amide bonds. The highest BCUT2D eigenvalue weighted by Crippen LogP contribution is 2.43. The molecule has 116 valence electrons. The summed E-state index contributed by atoms with van der Waals surface area (Å²) in [7, 11) is 0. The molecular formula is C22H15FS. The molecule has 0 aliphatic carbocycles. The molecule has 1 heterocycles. The van der Waals surface area contributed by atoms with Crippen LogP contribution in [0.2, 0.25) is 0 Å². The minimum Gasteiger partial charge on any atom is -0.207 e. The van der Waals surface area contributed by atoms with Gasteiger partial charge in [0.05, 0.1) is 0 Å². The normalized spacial score (nSPS) is 10.7. The lowest BCUT2D eigenvalue weighted by atomic mass is 10.0. The van der Waals surface area contributed by atoms with E-state index in [2.05, 4.69) is 42.5 Å². The number of halogens is 1. The molecule has 0 spiro atoms. The van der Waals surface area contributed by atoms with Gasteiger partial charge in [0.2, 0.25) is 0 Å². The maximum absolute atomic E-state index is 13.3. The molecule has 1 aromatic heterocycles. The molecule has 0 aliphatic heterocycles. The highest BCUT2D eigenvalue weighted by Gasteiger charge is 2.14. The Hall–Kier alpha value is -2.71. The first-order valence-corrected chi connectivity index (χ1v) is 8.63. The van der Waals surface area contributed by atoms with E-state index in [-0.39, 0.29) is 5.82 Å². The van der Waals surface area contributed by atoms with E-state index in [1.807, 2.05) is 36.4 Å². The first-order valence-electron chi connectivity index (χ1n) is 7.82. The summed E-state index contributed by atoms with van der Waals surface area (Å²) >= 11 is 1.77. The van der Waals surface area contributed by atoms with Crippen LogP contribution in [0.5, 0.6) is 0 Å². The van der Waals surface area contributed by atoms with E-state index >= 15 is 0 Å². The van der Waals surface area contributed by atoms with Crippen LogP contribution in [0.3, 0.4) is 0 Å². The second-order valence-electron chi connectivity index (χ2n) is 5.59. The van der Waals surface area contributed by atoms with Gasteiger partial charge < -0.3 is 0 Å². The highest BCUT2D eigenvalue weighted by molar-refractivity contribution is 7.19. The van der Waals surface area contributed by atoms with E-state index < -0.39 is 0 Å². The standard InChI is InChI=1S/C22H15FS/c23-19-13-11-16(12-14-19)20-15-21(17-7-3-1-4-8-17)24-22(20)18-9-5-2-6-10-18/h1-15H. The Morgan fingerprint density at radius 3 is 1.79 bits per heavy atom. The molecule has 2 heteroatoms. The van der Waals surface area contributed by atoms with Crippen molar-refractivity contribution < 1.29 is 4.39 Å². The smallest absolute Gasteiger partial charge is 0.123 e. The Morgan fingerprint density at radius 1 is 0.583 bits per heavy atom. The monoisotopic (exact) mass is 330 g/mol. The van der Waals surface area contributed by atoms with E-state index in [1.165, 1.54) is 33.0 Å². The minimum absolute atomic E-state index is 0.210. The van der Waals surface area contributed by atoms with Crippen molar-refractivity contribution in [2.24, 2.45) is 0 Å². The molecule has 0 atom stereocenters. The Labute approximate surface area is 144 Å². The van der Waals surface area contributed by atoms with Crippen molar-refractivity contribution >= 4 is 11.3 Å². The number of rotatable bonds is 3. The topological polar surface area (TPSA) is 0 Å². The van der Waals surface area contributed by atoms with Crippen LogP contribution in [0, 0.1) is 5.82 Å². The molecule has 0 aliphatic rings. The second kappa shape index (κ2) is 6.42. The van der Waals surface area contributed by atoms with Crippen molar-refractivity contribution in [3.05, 3.63) is 96.8 Å². The highest BCUT2D eigenvalue weighted by atomic mass is 32.1. The summed E-state index contributed by atoms with van der Waals surface area (Å²) in [6.45, 7) is 0. The van der Waals surface area contributed by atoms with Gasteiger partial charge in [-0.1, -0.05) is 72.8 Å². The lowest BCUT2D eigenvalue weighted by Gasteiger charge is -2.04. The zero-order valence-corrected chi connectivity index (χ0v) is 13.8. The van der Waals surface area contributed by atoms with E-state index in [0.29, 0.717) is 0 Å². The summed E-state index contributed by atoms with van der Waals surface area (Å²) < 4.78 is 13.3. The SMILES string of the molecule is Fc1ccc(-c2cc(-c3ccccc3)sc2-c2ccccc2)cc1. The van der Waals surface area contributed by atoms with Crippen molar-refractivity contribution in [2.45, 2.75) is 0 Å². The molecule has 4 aromatic rings. The van der Waals surface area contributed by atoms with Crippen molar-refractivity contribution in [1.29, 1.82) is 0 Å². The predicted molar refractivity (Wildman–Crippen MR) is 101 cm³/mol. The molecular weight excluding hydrogens is 315 g/mol. The Balaban J connectivity index is 1.90. The summed E-state index contributed by atoms with van der Waals surface area (Å²) in [5.74, 6) is -0.210. The van der Waals surface area contributed by atoms with Crippen LogP contribution < -0.4 is 0 Å². The molecule has 4 rings (SSSR count). The van der Waals surface area contributed by atoms with Crippen LogP contribution in [0.15, 0.2) is 91.0 Å². The van der Waals surface area contributed by atoms with Crippen LogP contribution in [-0.2, 0) is 0 Å². The molecule has 3 aromatic carbocycles. The van der Waals surface area contributed by atoms with E-state index in [4.69, 9.17) is 0 Å². The van der Waals surface area contributed by atoms with Crippen LogP contribution in [0.1, 0.15) is 0 Å². The van der Waals surface area contributed by atoms with Crippen LogP contribution in [0.4, 0.5) is 4.39 Å². The molecule has 0 unspecified atom stereocenters. The largest absolute Gasteiger partial charge is 0.207 e. The third kappa shape index (κ3) is 2.89. The zero-order valence-electron chi connectivity index (χ0n) is 12.9. The number of hydrogen-bond acceptors (Lipinski definition) is 1. The van der Waals surface area contributed by atoms with Crippen molar-refractivity contribution in [2.75, 3.05) is 0 Å². The number of benzene rings is 3. The first kappa shape index (κ1) is 14.9. The summed E-state index contributed by atoms with van der Waals surface area (Å²) in [5.41, 5.74) is 4.57. The molecule has 0 fully saturated rings. The van der Waals surface area contributed by atoms with Crippen LogP contribution in [-0.4, -0.2) is 0 Å². The van der Waals surface area contributed by atoms with Crippen molar-refractivity contribution in [3.63, 3.8) is 0 Å². The molecule has 0 N–H and O–H groups in total. The van der Waals surface area contributed by atoms with Crippen LogP contribution >= 0.6 is 11.3 Å². The predicted octanol–water partition coefficient (Wildman–Crippen LogP) is 6.89. The maximum Gasteiger partial charge on any atom is 0.123 e. The lowest BCUT2D eigenvalue weighted by molar-refractivity contribution is 0.628. The van der Waals surface area contributed by atoms with Gasteiger partial charge in [-0.3, -0.25) is 0 Å². The quantitative estimate of drug-likeness (QED) is 0.384. The summed E-state index contributed by atoms with van der Waals surface area (Å²) in [6.07, 6.45) is 0. The van der Waals surface area contributed by atoms with Gasteiger partial charge in [-0.25, -0.2) is 4.39 Å². The average molecular weight is 330 g/mol. The van der Waals surface area contributed by atoms with Gasteiger partial charge in [0.1, 0.15) is 5.82 Å². The van der Waals surface area contributed by atoms with Crippen molar-refractivity contribution in [1.82, 2.24) is 0 Å². The van der Waals surface area contributed by atoms with Crippen molar-refractivity contribution in [3.8, 4) is 32.0 Å². The Kier molecular flexibility index (Phi) is 3.97. The molecule has 0 bridgehead atoms. The fourth-order valence-corrected chi connectivity index (χ4v) is 3.97. The van der Waals surface area contributed by atoms with Gasteiger partial charge in [0.25, 0.3) is 0 Å². The molecule has 0 nitrogen and oxygen atoms in total. The lowest BCUT2D eigenvalue weighted by Crippen LogP contribution is -1.80. The molecule has 0 saturated carbocycles. The van der Waals surface area contributed by atoms with Gasteiger partial charge in [-0.2, -0.15) is 0 Å². The van der Waals surface area contributed by atoms with Crippen LogP contribution in [0.25, 0.3) is 32.0 Å². The number of hydrogen-bond donors (Lipinski definition) is 0. The minimum atomic E-state index is -0.210. The van der Waals surface area contributed by atoms with Gasteiger partial charge in [-0.15, -0.1) is 11.3 Å². The molecule has 24 heavy (non-hydrogen) atoms. The fraction of sp³-hybridized carbons (Fsp3) is 0. The fourth-order valence-electron chi connectivity index (χ4n) is 2.78. The third-order valence-corrected chi connectivity index (χ3v) is 5.21. The molecule has 0 radical (unpaired) electrons. The Morgan fingerprint density at radius 2 is 1.17 bits per heavy atom.